The van der Waals surface area contributed by atoms with Crippen molar-refractivity contribution in [1.29, 1.82) is 0 Å². The molecule has 0 aliphatic heterocycles. The molecule has 7 nitrogen and oxygen atoms in total. The van der Waals surface area contributed by atoms with E-state index in [1.807, 2.05) is 43.3 Å². The highest BCUT2D eigenvalue weighted by molar-refractivity contribution is 6.03. The summed E-state index contributed by atoms with van der Waals surface area (Å²) in [5.41, 5.74) is 2.12. The molecule has 1 heterocycles. The number of methoxy groups -OCH3 is 1. The minimum atomic E-state index is -0.261. The van der Waals surface area contributed by atoms with Crippen LogP contribution in [0, 0.1) is 6.92 Å². The largest absolute Gasteiger partial charge is 0.385 e. The molecule has 0 atom stereocenters. The fraction of sp³-hybridized carbons (Fsp3) is 0.389. The summed E-state index contributed by atoms with van der Waals surface area (Å²) in [6, 6.07) is 9.28. The Labute approximate surface area is 148 Å². The number of anilines is 3. The third-order valence-corrected chi connectivity index (χ3v) is 3.54. The van der Waals surface area contributed by atoms with Gasteiger partial charge in [0.1, 0.15) is 17.3 Å². The van der Waals surface area contributed by atoms with Gasteiger partial charge in [-0.3, -0.25) is 4.79 Å². The molecular formula is C18H25N5O2. The van der Waals surface area contributed by atoms with Gasteiger partial charge in [-0.05, 0) is 37.6 Å². The highest BCUT2D eigenvalue weighted by atomic mass is 16.5. The highest BCUT2D eigenvalue weighted by Gasteiger charge is 2.11. The number of rotatable bonds is 8. The molecule has 25 heavy (non-hydrogen) atoms. The first kappa shape index (κ1) is 18.7. The quantitative estimate of drug-likeness (QED) is 0.717. The maximum Gasteiger partial charge on any atom is 0.274 e. The molecule has 0 saturated carbocycles. The van der Waals surface area contributed by atoms with Crippen molar-refractivity contribution in [1.82, 2.24) is 9.97 Å². The zero-order valence-corrected chi connectivity index (χ0v) is 15.2. The Balaban J connectivity index is 2.04. The minimum Gasteiger partial charge on any atom is -0.385 e. The monoisotopic (exact) mass is 343 g/mol. The predicted octanol–water partition coefficient (Wildman–Crippen LogP) is 2.55. The summed E-state index contributed by atoms with van der Waals surface area (Å²) in [4.78, 5) is 23.0. The Kier molecular flexibility index (Phi) is 6.71. The summed E-state index contributed by atoms with van der Waals surface area (Å²) < 4.78 is 5.02. The van der Waals surface area contributed by atoms with Gasteiger partial charge in [-0.25, -0.2) is 9.97 Å². The fourth-order valence-electron chi connectivity index (χ4n) is 2.25. The molecule has 2 N–H and O–H groups in total. The topological polar surface area (TPSA) is 79.4 Å². The maximum absolute atomic E-state index is 12.5. The van der Waals surface area contributed by atoms with Gasteiger partial charge < -0.3 is 20.3 Å². The average molecular weight is 343 g/mol. The minimum absolute atomic E-state index is 0.261. The van der Waals surface area contributed by atoms with Gasteiger partial charge in [0, 0.05) is 51.8 Å². The Hall–Kier alpha value is -2.67. The van der Waals surface area contributed by atoms with Gasteiger partial charge in [0.2, 0.25) is 0 Å². The summed E-state index contributed by atoms with van der Waals surface area (Å²) in [5.74, 6) is 0.921. The first-order chi connectivity index (χ1) is 12.0. The first-order valence-corrected chi connectivity index (χ1v) is 8.17. The Morgan fingerprint density at radius 2 is 1.92 bits per heavy atom. The van der Waals surface area contributed by atoms with E-state index < -0.39 is 0 Å². The van der Waals surface area contributed by atoms with Crippen LogP contribution >= 0.6 is 0 Å². The van der Waals surface area contributed by atoms with Gasteiger partial charge in [0.05, 0.1) is 0 Å². The van der Waals surface area contributed by atoms with Gasteiger partial charge >= 0.3 is 0 Å². The van der Waals surface area contributed by atoms with Gasteiger partial charge in [-0.15, -0.1) is 0 Å². The lowest BCUT2D eigenvalue weighted by Crippen LogP contribution is -2.16. The predicted molar refractivity (Wildman–Crippen MR) is 100 cm³/mol. The molecule has 2 aromatic rings. The number of ether oxygens (including phenoxy) is 1. The number of aromatic nitrogens is 2. The molecule has 0 aliphatic rings. The fourth-order valence-corrected chi connectivity index (χ4v) is 2.25. The summed E-state index contributed by atoms with van der Waals surface area (Å²) in [6.45, 7) is 3.16. The van der Waals surface area contributed by atoms with Crippen molar-refractivity contribution >= 4 is 23.1 Å². The van der Waals surface area contributed by atoms with E-state index in [1.165, 1.54) is 0 Å². The number of carbonyl (C=O) groups excluding carboxylic acids is 1. The van der Waals surface area contributed by atoms with Gasteiger partial charge in [-0.2, -0.15) is 0 Å². The molecule has 1 aromatic heterocycles. The SMILES string of the molecule is COCCCNc1cc(C(=O)Nc2ccc(N(C)C)cc2)nc(C)n1. The number of hydrogen-bond acceptors (Lipinski definition) is 6. The third-order valence-electron chi connectivity index (χ3n) is 3.54. The Bertz CT molecular complexity index is 701. The molecule has 1 aromatic carbocycles. The lowest BCUT2D eigenvalue weighted by molar-refractivity contribution is 0.102. The molecule has 0 aliphatic carbocycles. The van der Waals surface area contributed by atoms with E-state index in [2.05, 4.69) is 20.6 Å². The third kappa shape index (κ3) is 5.72. The number of aryl methyl sites for hydroxylation is 1. The number of carbonyl (C=O) groups is 1. The summed E-state index contributed by atoms with van der Waals surface area (Å²) in [7, 11) is 5.61. The second-order valence-corrected chi connectivity index (χ2v) is 5.85. The number of amides is 1. The number of nitrogens with one attached hydrogen (secondary N) is 2. The second kappa shape index (κ2) is 8.98. The molecule has 0 radical (unpaired) electrons. The highest BCUT2D eigenvalue weighted by Crippen LogP contribution is 2.16. The Morgan fingerprint density at radius 3 is 2.56 bits per heavy atom. The van der Waals surface area contributed by atoms with Crippen molar-refractivity contribution in [2.24, 2.45) is 0 Å². The van der Waals surface area contributed by atoms with Crippen LogP contribution in [-0.2, 0) is 4.74 Å². The van der Waals surface area contributed by atoms with Crippen LogP contribution in [0.3, 0.4) is 0 Å². The van der Waals surface area contributed by atoms with Crippen molar-refractivity contribution < 1.29 is 9.53 Å². The standard InChI is InChI=1S/C18H25N5O2/c1-13-20-16(12-17(21-13)19-10-5-11-25-4)18(24)22-14-6-8-15(9-7-14)23(2)3/h6-9,12H,5,10-11H2,1-4H3,(H,22,24)(H,19,20,21). The molecule has 0 fully saturated rings. The van der Waals surface area contributed by atoms with Crippen molar-refractivity contribution in [3.05, 3.63) is 41.9 Å². The van der Waals surface area contributed by atoms with E-state index in [1.54, 1.807) is 20.1 Å². The van der Waals surface area contributed by atoms with Crippen LogP contribution in [0.25, 0.3) is 0 Å². The molecule has 0 spiro atoms. The van der Waals surface area contributed by atoms with Crippen molar-refractivity contribution in [2.75, 3.05) is 49.9 Å². The number of benzene rings is 1. The van der Waals surface area contributed by atoms with Crippen LogP contribution in [0.2, 0.25) is 0 Å². The van der Waals surface area contributed by atoms with E-state index in [9.17, 15) is 4.79 Å². The van der Waals surface area contributed by atoms with Crippen LogP contribution in [-0.4, -0.2) is 50.2 Å². The number of nitrogens with zero attached hydrogens (tertiary/aromatic N) is 3. The first-order valence-electron chi connectivity index (χ1n) is 8.17. The lowest BCUT2D eigenvalue weighted by atomic mass is 10.2. The van der Waals surface area contributed by atoms with Crippen LogP contribution in [0.4, 0.5) is 17.2 Å². The van der Waals surface area contributed by atoms with Crippen molar-refractivity contribution in [2.45, 2.75) is 13.3 Å². The molecule has 7 heteroatoms. The zero-order chi connectivity index (χ0) is 18.2. The molecule has 0 saturated heterocycles. The van der Waals surface area contributed by atoms with Gasteiger partial charge in [0.25, 0.3) is 5.91 Å². The molecule has 0 unspecified atom stereocenters. The van der Waals surface area contributed by atoms with E-state index in [4.69, 9.17) is 4.74 Å². The maximum atomic E-state index is 12.5. The molecular weight excluding hydrogens is 318 g/mol. The van der Waals surface area contributed by atoms with Crippen molar-refractivity contribution in [3.63, 3.8) is 0 Å². The van der Waals surface area contributed by atoms with Crippen LogP contribution in [0.1, 0.15) is 22.7 Å². The van der Waals surface area contributed by atoms with Crippen LogP contribution < -0.4 is 15.5 Å². The normalized spacial score (nSPS) is 10.4. The molecule has 2 rings (SSSR count). The van der Waals surface area contributed by atoms with E-state index in [0.717, 1.165) is 24.3 Å². The average Bonchev–Trinajstić information content (AvgIpc) is 2.58. The lowest BCUT2D eigenvalue weighted by Gasteiger charge is -2.13. The summed E-state index contributed by atoms with van der Waals surface area (Å²) >= 11 is 0. The van der Waals surface area contributed by atoms with Crippen LogP contribution in [0.5, 0.6) is 0 Å². The Morgan fingerprint density at radius 1 is 1.20 bits per heavy atom. The van der Waals surface area contributed by atoms with E-state index in [0.29, 0.717) is 23.9 Å². The van der Waals surface area contributed by atoms with Gasteiger partial charge in [-0.1, -0.05) is 0 Å². The summed E-state index contributed by atoms with van der Waals surface area (Å²) in [5, 5.41) is 6.04. The second-order valence-electron chi connectivity index (χ2n) is 5.85. The van der Waals surface area contributed by atoms with Crippen LogP contribution in [0.15, 0.2) is 30.3 Å². The smallest absolute Gasteiger partial charge is 0.274 e. The summed E-state index contributed by atoms with van der Waals surface area (Å²) in [6.07, 6.45) is 0.860. The van der Waals surface area contributed by atoms with E-state index >= 15 is 0 Å². The molecule has 1 amide bonds. The van der Waals surface area contributed by atoms with E-state index in [-0.39, 0.29) is 5.91 Å². The zero-order valence-electron chi connectivity index (χ0n) is 15.2. The molecule has 0 bridgehead atoms. The molecule has 134 valence electrons. The van der Waals surface area contributed by atoms with Gasteiger partial charge in [0.15, 0.2) is 0 Å². The number of hydrogen-bond donors (Lipinski definition) is 2. The van der Waals surface area contributed by atoms with Crippen molar-refractivity contribution in [3.8, 4) is 0 Å².